The minimum absolute atomic E-state index is 0.0397. The molecule has 1 aliphatic heterocycles. The fraction of sp³-hybridized carbons (Fsp3) is 0.269. The molecule has 0 saturated heterocycles. The van der Waals surface area contributed by atoms with Crippen LogP contribution < -0.4 is 5.32 Å². The van der Waals surface area contributed by atoms with Crippen molar-refractivity contribution in [2.45, 2.75) is 45.9 Å². The van der Waals surface area contributed by atoms with Gasteiger partial charge in [0.15, 0.2) is 6.10 Å². The topological polar surface area (TPSA) is 83.8 Å². The number of carbonyl (C=O) groups excluding carboxylic acids is 1. The Kier molecular flexibility index (Phi) is 6.51. The Morgan fingerprint density at radius 2 is 1.97 bits per heavy atom. The number of oxime groups is 1. The van der Waals surface area contributed by atoms with Gasteiger partial charge in [-0.3, -0.25) is 9.78 Å². The van der Waals surface area contributed by atoms with Crippen molar-refractivity contribution < 1.29 is 19.1 Å². The molecule has 3 aromatic rings. The van der Waals surface area contributed by atoms with Crippen LogP contribution in [-0.4, -0.2) is 27.8 Å². The zero-order valence-corrected chi connectivity index (χ0v) is 18.8. The van der Waals surface area contributed by atoms with Crippen LogP contribution in [0.3, 0.4) is 0 Å². The van der Waals surface area contributed by atoms with Crippen molar-refractivity contribution in [3.05, 3.63) is 88.5 Å². The number of aryl methyl sites for hydroxylation is 1. The molecule has 1 amide bonds. The SMILES string of the molecule is Cc1ccc(-c2cc(C(=O)NC(C)C)cc(C3=NOC(c4cccc(CO)n4)C3)c2)c(F)c1. The first kappa shape index (κ1) is 22.6. The number of hydrogen-bond acceptors (Lipinski definition) is 5. The van der Waals surface area contributed by atoms with E-state index in [-0.39, 0.29) is 24.4 Å². The average Bonchev–Trinajstić information content (AvgIpc) is 3.29. The van der Waals surface area contributed by atoms with Gasteiger partial charge in [-0.05, 0) is 68.3 Å². The molecule has 0 saturated carbocycles. The summed E-state index contributed by atoms with van der Waals surface area (Å²) < 4.78 is 14.8. The van der Waals surface area contributed by atoms with Crippen molar-refractivity contribution in [3.8, 4) is 11.1 Å². The van der Waals surface area contributed by atoms with Crippen molar-refractivity contribution in [1.82, 2.24) is 10.3 Å². The van der Waals surface area contributed by atoms with Crippen molar-refractivity contribution in [2.24, 2.45) is 5.16 Å². The third kappa shape index (κ3) is 5.09. The number of carbonyl (C=O) groups is 1. The van der Waals surface area contributed by atoms with Gasteiger partial charge in [-0.25, -0.2) is 4.39 Å². The molecular weight excluding hydrogens is 421 g/mol. The summed E-state index contributed by atoms with van der Waals surface area (Å²) in [7, 11) is 0. The number of nitrogens with zero attached hydrogens (tertiary/aromatic N) is 2. The Morgan fingerprint density at radius 3 is 2.70 bits per heavy atom. The molecule has 2 heterocycles. The van der Waals surface area contributed by atoms with Gasteiger partial charge in [-0.2, -0.15) is 0 Å². The van der Waals surface area contributed by atoms with Crippen LogP contribution in [0.2, 0.25) is 0 Å². The summed E-state index contributed by atoms with van der Waals surface area (Å²) in [4.78, 5) is 22.8. The number of aromatic nitrogens is 1. The monoisotopic (exact) mass is 447 g/mol. The Balaban J connectivity index is 1.70. The molecule has 0 bridgehead atoms. The molecule has 170 valence electrons. The van der Waals surface area contributed by atoms with Gasteiger partial charge in [0, 0.05) is 29.2 Å². The summed E-state index contributed by atoms with van der Waals surface area (Å²) in [6, 6.07) is 15.6. The van der Waals surface area contributed by atoms with Crippen LogP contribution in [0.25, 0.3) is 11.1 Å². The second-order valence-electron chi connectivity index (χ2n) is 8.46. The fourth-order valence-corrected chi connectivity index (χ4v) is 3.75. The van der Waals surface area contributed by atoms with E-state index in [1.54, 1.807) is 24.3 Å². The number of aliphatic hydroxyl groups is 1. The van der Waals surface area contributed by atoms with E-state index in [1.807, 2.05) is 45.0 Å². The van der Waals surface area contributed by atoms with Gasteiger partial charge in [-0.15, -0.1) is 0 Å². The Labute approximate surface area is 192 Å². The molecule has 0 fully saturated rings. The standard InChI is InChI=1S/C26H26FN3O3/c1-15(2)28-26(32)19-11-17(21-8-7-16(3)9-22(21)27)10-18(12-19)24-13-25(33-30-24)23-6-4-5-20(14-31)29-23/h4-12,15,25,31H,13-14H2,1-3H3,(H,28,32). The highest BCUT2D eigenvalue weighted by molar-refractivity contribution is 6.05. The lowest BCUT2D eigenvalue weighted by Gasteiger charge is -2.13. The zero-order chi connectivity index (χ0) is 23.5. The average molecular weight is 448 g/mol. The molecule has 1 unspecified atom stereocenters. The number of halogens is 1. The molecule has 0 spiro atoms. The number of aliphatic hydroxyl groups excluding tert-OH is 1. The first-order chi connectivity index (χ1) is 15.8. The lowest BCUT2D eigenvalue weighted by Crippen LogP contribution is -2.30. The molecule has 4 rings (SSSR count). The van der Waals surface area contributed by atoms with Crippen LogP contribution >= 0.6 is 0 Å². The van der Waals surface area contributed by atoms with Gasteiger partial charge in [0.05, 0.1) is 23.7 Å². The highest BCUT2D eigenvalue weighted by atomic mass is 19.1. The summed E-state index contributed by atoms with van der Waals surface area (Å²) in [6.45, 7) is 5.44. The zero-order valence-electron chi connectivity index (χ0n) is 18.8. The van der Waals surface area contributed by atoms with E-state index in [0.29, 0.717) is 45.8 Å². The van der Waals surface area contributed by atoms with Crippen molar-refractivity contribution in [1.29, 1.82) is 0 Å². The van der Waals surface area contributed by atoms with Crippen LogP contribution in [-0.2, 0) is 11.4 Å². The molecular formula is C26H26FN3O3. The smallest absolute Gasteiger partial charge is 0.251 e. The lowest BCUT2D eigenvalue weighted by molar-refractivity contribution is 0.0822. The molecule has 2 N–H and O–H groups in total. The van der Waals surface area contributed by atoms with E-state index in [4.69, 9.17) is 4.84 Å². The molecule has 7 heteroatoms. The summed E-state index contributed by atoms with van der Waals surface area (Å²) in [5.41, 5.74) is 4.78. The molecule has 0 radical (unpaired) electrons. The minimum Gasteiger partial charge on any atom is -0.390 e. The summed E-state index contributed by atoms with van der Waals surface area (Å²) >= 11 is 0. The normalized spacial score (nSPS) is 15.3. The lowest BCUT2D eigenvalue weighted by atomic mass is 9.94. The van der Waals surface area contributed by atoms with Crippen molar-refractivity contribution >= 4 is 11.6 Å². The molecule has 2 aromatic carbocycles. The van der Waals surface area contributed by atoms with Crippen LogP contribution in [0.5, 0.6) is 0 Å². The predicted octanol–water partition coefficient (Wildman–Crippen LogP) is 4.69. The van der Waals surface area contributed by atoms with E-state index < -0.39 is 6.10 Å². The highest BCUT2D eigenvalue weighted by Crippen LogP contribution is 2.32. The summed E-state index contributed by atoms with van der Waals surface area (Å²) in [5.74, 6) is -0.594. The largest absolute Gasteiger partial charge is 0.390 e. The number of rotatable bonds is 6. The van der Waals surface area contributed by atoms with Gasteiger partial charge >= 0.3 is 0 Å². The van der Waals surface area contributed by atoms with Crippen LogP contribution in [0.1, 0.15) is 59.2 Å². The van der Waals surface area contributed by atoms with E-state index in [1.165, 1.54) is 6.07 Å². The first-order valence-electron chi connectivity index (χ1n) is 10.9. The maximum atomic E-state index is 14.8. The third-order valence-electron chi connectivity index (χ3n) is 5.37. The van der Waals surface area contributed by atoms with E-state index in [2.05, 4.69) is 15.5 Å². The minimum atomic E-state index is -0.404. The van der Waals surface area contributed by atoms with Crippen LogP contribution in [0, 0.1) is 12.7 Å². The Morgan fingerprint density at radius 1 is 1.18 bits per heavy atom. The van der Waals surface area contributed by atoms with E-state index in [9.17, 15) is 14.3 Å². The number of nitrogens with one attached hydrogen (secondary N) is 1. The number of benzene rings is 2. The van der Waals surface area contributed by atoms with Crippen molar-refractivity contribution in [3.63, 3.8) is 0 Å². The second-order valence-corrected chi connectivity index (χ2v) is 8.46. The van der Waals surface area contributed by atoms with Gasteiger partial charge in [-0.1, -0.05) is 23.4 Å². The Bertz CT molecular complexity index is 1220. The Hall–Kier alpha value is -3.58. The van der Waals surface area contributed by atoms with Crippen LogP contribution in [0.4, 0.5) is 4.39 Å². The summed E-state index contributed by atoms with van der Waals surface area (Å²) in [5, 5.41) is 16.5. The number of pyridine rings is 1. The molecule has 1 aromatic heterocycles. The predicted molar refractivity (Wildman–Crippen MR) is 124 cm³/mol. The third-order valence-corrected chi connectivity index (χ3v) is 5.37. The van der Waals surface area contributed by atoms with Crippen LogP contribution in [0.15, 0.2) is 59.8 Å². The van der Waals surface area contributed by atoms with Gasteiger partial charge in [0.2, 0.25) is 0 Å². The van der Waals surface area contributed by atoms with Gasteiger partial charge in [0.1, 0.15) is 5.82 Å². The maximum Gasteiger partial charge on any atom is 0.251 e. The highest BCUT2D eigenvalue weighted by Gasteiger charge is 2.26. The van der Waals surface area contributed by atoms with Gasteiger partial charge in [0.25, 0.3) is 5.91 Å². The first-order valence-corrected chi connectivity index (χ1v) is 10.9. The fourth-order valence-electron chi connectivity index (χ4n) is 3.75. The van der Waals surface area contributed by atoms with E-state index in [0.717, 1.165) is 5.56 Å². The number of amides is 1. The second kappa shape index (κ2) is 9.50. The quantitative estimate of drug-likeness (QED) is 0.574. The van der Waals surface area contributed by atoms with Gasteiger partial charge < -0.3 is 15.3 Å². The molecule has 1 atom stereocenters. The number of hydrogen-bond donors (Lipinski definition) is 2. The molecule has 1 aliphatic rings. The van der Waals surface area contributed by atoms with Crippen molar-refractivity contribution in [2.75, 3.05) is 0 Å². The summed E-state index contributed by atoms with van der Waals surface area (Å²) in [6.07, 6.45) is 0.0339. The molecule has 6 nitrogen and oxygen atoms in total. The molecule has 0 aliphatic carbocycles. The maximum absolute atomic E-state index is 14.8. The van der Waals surface area contributed by atoms with E-state index >= 15 is 0 Å². The molecule has 33 heavy (non-hydrogen) atoms.